The van der Waals surface area contributed by atoms with Crippen molar-refractivity contribution in [3.63, 3.8) is 0 Å². The van der Waals surface area contributed by atoms with E-state index in [1.165, 1.54) is 5.56 Å². The van der Waals surface area contributed by atoms with Gasteiger partial charge in [0.25, 0.3) is 0 Å². The van der Waals surface area contributed by atoms with Crippen molar-refractivity contribution in [2.75, 3.05) is 13.2 Å². The largest absolute Gasteiger partial charge is 0.461 e. The first-order chi connectivity index (χ1) is 6.34. The molecule has 0 atom stereocenters. The van der Waals surface area contributed by atoms with Crippen LogP contribution in [0.2, 0.25) is 0 Å². The van der Waals surface area contributed by atoms with Crippen LogP contribution in [0.4, 0.5) is 0 Å². The van der Waals surface area contributed by atoms with Gasteiger partial charge in [-0.2, -0.15) is 0 Å². The fourth-order valence-corrected chi connectivity index (χ4v) is 1.60. The maximum Gasteiger partial charge on any atom is 0.461 e. The first kappa shape index (κ1) is 9.25. The molecule has 1 fully saturated rings. The molecule has 0 N–H and O–H groups in total. The Balaban J connectivity index is 1.97. The Morgan fingerprint density at radius 2 is 1.77 bits per heavy atom. The van der Waals surface area contributed by atoms with Gasteiger partial charge in [-0.25, -0.2) is 0 Å². The van der Waals surface area contributed by atoms with Crippen LogP contribution in [-0.2, 0) is 15.6 Å². The minimum Gasteiger partial charge on any atom is -0.409 e. The molecule has 0 aromatic heterocycles. The van der Waals surface area contributed by atoms with Crippen LogP contribution in [0.3, 0.4) is 0 Å². The van der Waals surface area contributed by atoms with E-state index >= 15 is 0 Å². The predicted octanol–water partition coefficient (Wildman–Crippen LogP) is 2.07. The van der Waals surface area contributed by atoms with Crippen LogP contribution in [0.5, 0.6) is 0 Å². The molecular formula is C9H10BBrO2. The van der Waals surface area contributed by atoms with Gasteiger partial charge in [-0.1, -0.05) is 28.1 Å². The molecule has 0 unspecified atom stereocenters. The molecule has 1 aliphatic heterocycles. The van der Waals surface area contributed by atoms with Gasteiger partial charge in [-0.15, -0.1) is 0 Å². The molecule has 68 valence electrons. The van der Waals surface area contributed by atoms with Gasteiger partial charge in [-0.05, 0) is 17.7 Å². The van der Waals surface area contributed by atoms with Crippen LogP contribution in [0.25, 0.3) is 0 Å². The lowest BCUT2D eigenvalue weighted by atomic mass is 9.81. The second-order valence-corrected chi connectivity index (χ2v) is 3.92. The van der Waals surface area contributed by atoms with Gasteiger partial charge in [0.2, 0.25) is 0 Å². The van der Waals surface area contributed by atoms with E-state index in [0.717, 1.165) is 24.0 Å². The summed E-state index contributed by atoms with van der Waals surface area (Å²) in [6, 6.07) is 8.22. The van der Waals surface area contributed by atoms with E-state index in [4.69, 9.17) is 9.31 Å². The SMILES string of the molecule is Brc1ccc(CB2OCCO2)cc1. The van der Waals surface area contributed by atoms with E-state index in [1.54, 1.807) is 0 Å². The number of hydrogen-bond acceptors (Lipinski definition) is 2. The fourth-order valence-electron chi connectivity index (χ4n) is 1.34. The van der Waals surface area contributed by atoms with Crippen molar-refractivity contribution in [3.05, 3.63) is 34.3 Å². The lowest BCUT2D eigenvalue weighted by Crippen LogP contribution is -2.17. The Morgan fingerprint density at radius 1 is 1.15 bits per heavy atom. The molecular weight excluding hydrogens is 231 g/mol. The van der Waals surface area contributed by atoms with Crippen molar-refractivity contribution >= 4 is 23.0 Å². The molecule has 1 aromatic rings. The Hall–Kier alpha value is -0.315. The summed E-state index contributed by atoms with van der Waals surface area (Å²) in [6.07, 6.45) is 0.841. The third-order valence-electron chi connectivity index (χ3n) is 2.01. The lowest BCUT2D eigenvalue weighted by Gasteiger charge is -2.03. The third kappa shape index (κ3) is 2.56. The van der Waals surface area contributed by atoms with E-state index in [2.05, 4.69) is 28.1 Å². The molecule has 1 aliphatic rings. The molecule has 0 amide bonds. The van der Waals surface area contributed by atoms with E-state index in [1.807, 2.05) is 12.1 Å². The monoisotopic (exact) mass is 240 g/mol. The van der Waals surface area contributed by atoms with Crippen LogP contribution in [0, 0.1) is 0 Å². The average Bonchev–Trinajstić information content (AvgIpc) is 2.62. The maximum absolute atomic E-state index is 5.35. The highest BCUT2D eigenvalue weighted by Crippen LogP contribution is 2.13. The van der Waals surface area contributed by atoms with Crippen molar-refractivity contribution in [2.24, 2.45) is 0 Å². The minimum absolute atomic E-state index is 0.0406. The second kappa shape index (κ2) is 4.27. The van der Waals surface area contributed by atoms with Gasteiger partial charge < -0.3 is 9.31 Å². The lowest BCUT2D eigenvalue weighted by molar-refractivity contribution is 0.365. The van der Waals surface area contributed by atoms with Gasteiger partial charge in [0.15, 0.2) is 0 Å². The number of hydrogen-bond donors (Lipinski definition) is 0. The molecule has 1 saturated heterocycles. The molecule has 0 radical (unpaired) electrons. The summed E-state index contributed by atoms with van der Waals surface area (Å²) in [5.41, 5.74) is 1.25. The van der Waals surface area contributed by atoms with Crippen LogP contribution in [-0.4, -0.2) is 20.3 Å². The predicted molar refractivity (Wildman–Crippen MR) is 55.5 cm³/mol. The number of benzene rings is 1. The Morgan fingerprint density at radius 3 is 2.38 bits per heavy atom. The fraction of sp³-hybridized carbons (Fsp3) is 0.333. The smallest absolute Gasteiger partial charge is 0.409 e. The van der Waals surface area contributed by atoms with E-state index < -0.39 is 0 Å². The second-order valence-electron chi connectivity index (χ2n) is 3.00. The summed E-state index contributed by atoms with van der Waals surface area (Å²) in [6.45, 7) is 1.45. The number of rotatable bonds is 2. The quantitative estimate of drug-likeness (QED) is 0.737. The molecule has 13 heavy (non-hydrogen) atoms. The van der Waals surface area contributed by atoms with E-state index in [0.29, 0.717) is 0 Å². The van der Waals surface area contributed by atoms with Crippen molar-refractivity contribution in [2.45, 2.75) is 6.32 Å². The zero-order valence-electron chi connectivity index (χ0n) is 7.20. The maximum atomic E-state index is 5.35. The van der Waals surface area contributed by atoms with Crippen molar-refractivity contribution < 1.29 is 9.31 Å². The van der Waals surface area contributed by atoms with Gasteiger partial charge >= 0.3 is 7.12 Å². The molecule has 4 heteroatoms. The van der Waals surface area contributed by atoms with Crippen LogP contribution < -0.4 is 0 Å². The Kier molecular flexibility index (Phi) is 3.03. The van der Waals surface area contributed by atoms with Gasteiger partial charge in [0.1, 0.15) is 0 Å². The molecule has 2 nitrogen and oxygen atoms in total. The highest BCUT2D eigenvalue weighted by Gasteiger charge is 2.23. The normalized spacial score (nSPS) is 16.5. The van der Waals surface area contributed by atoms with Crippen LogP contribution in [0.15, 0.2) is 28.7 Å². The molecule has 0 saturated carbocycles. The zero-order valence-corrected chi connectivity index (χ0v) is 8.79. The summed E-state index contributed by atoms with van der Waals surface area (Å²) >= 11 is 3.40. The van der Waals surface area contributed by atoms with Gasteiger partial charge in [0, 0.05) is 10.8 Å². The van der Waals surface area contributed by atoms with E-state index in [9.17, 15) is 0 Å². The topological polar surface area (TPSA) is 18.5 Å². The third-order valence-corrected chi connectivity index (χ3v) is 2.54. The average molecular weight is 241 g/mol. The molecule has 0 bridgehead atoms. The zero-order chi connectivity index (χ0) is 9.10. The molecule has 1 heterocycles. The summed E-state index contributed by atoms with van der Waals surface area (Å²) in [5.74, 6) is 0. The van der Waals surface area contributed by atoms with Gasteiger partial charge in [0.05, 0.1) is 13.2 Å². The van der Waals surface area contributed by atoms with Gasteiger partial charge in [-0.3, -0.25) is 0 Å². The molecule has 1 aromatic carbocycles. The summed E-state index contributed by atoms with van der Waals surface area (Å²) < 4.78 is 11.8. The standard InChI is InChI=1S/C9H10BBrO2/c11-9-3-1-8(2-4-9)7-10-12-5-6-13-10/h1-4H,5-7H2. The molecule has 2 rings (SSSR count). The summed E-state index contributed by atoms with van der Waals surface area (Å²) in [4.78, 5) is 0. The summed E-state index contributed by atoms with van der Waals surface area (Å²) in [5, 5.41) is 0. The first-order valence-corrected chi connectivity index (χ1v) is 5.11. The van der Waals surface area contributed by atoms with Crippen molar-refractivity contribution in [1.29, 1.82) is 0 Å². The Labute approximate surface area is 86.5 Å². The highest BCUT2D eigenvalue weighted by molar-refractivity contribution is 9.10. The molecule has 0 aliphatic carbocycles. The van der Waals surface area contributed by atoms with Crippen molar-refractivity contribution in [1.82, 2.24) is 0 Å². The minimum atomic E-state index is -0.0406. The van der Waals surface area contributed by atoms with Crippen molar-refractivity contribution in [3.8, 4) is 0 Å². The highest BCUT2D eigenvalue weighted by atomic mass is 79.9. The summed E-state index contributed by atoms with van der Waals surface area (Å²) in [7, 11) is -0.0406. The Bertz CT molecular complexity index is 269. The van der Waals surface area contributed by atoms with Crippen LogP contribution in [0.1, 0.15) is 5.56 Å². The molecule has 0 spiro atoms. The van der Waals surface area contributed by atoms with E-state index in [-0.39, 0.29) is 7.12 Å². The first-order valence-electron chi connectivity index (χ1n) is 4.32. The van der Waals surface area contributed by atoms with Crippen LogP contribution >= 0.6 is 15.9 Å². The number of halogens is 1.